The highest BCUT2D eigenvalue weighted by atomic mass is 14.9. The van der Waals surface area contributed by atoms with Crippen molar-refractivity contribution >= 4 is 0 Å². The lowest BCUT2D eigenvalue weighted by molar-refractivity contribution is 0.589. The highest BCUT2D eigenvalue weighted by molar-refractivity contribution is 5.67. The van der Waals surface area contributed by atoms with E-state index < -0.39 is 0 Å². The Labute approximate surface area is 123 Å². The summed E-state index contributed by atoms with van der Waals surface area (Å²) in [6.45, 7) is 9.74. The molecule has 0 fully saturated rings. The van der Waals surface area contributed by atoms with Crippen LogP contribution in [0.25, 0.3) is 11.1 Å². The first-order valence-corrected chi connectivity index (χ1v) is 7.49. The zero-order valence-corrected chi connectivity index (χ0v) is 13.0. The molecule has 0 aliphatic carbocycles. The van der Waals surface area contributed by atoms with Gasteiger partial charge in [-0.05, 0) is 28.2 Å². The minimum absolute atomic E-state index is 0.506. The highest BCUT2D eigenvalue weighted by Crippen LogP contribution is 2.25. The highest BCUT2D eigenvalue weighted by Gasteiger charge is 2.06. The Kier molecular flexibility index (Phi) is 4.97. The monoisotopic (exact) mass is 267 g/mol. The third-order valence-electron chi connectivity index (χ3n) is 3.61. The lowest BCUT2D eigenvalue weighted by Gasteiger charge is -2.13. The van der Waals surface area contributed by atoms with Crippen LogP contribution in [0.5, 0.6) is 0 Å². The van der Waals surface area contributed by atoms with Crippen molar-refractivity contribution in [3.63, 3.8) is 0 Å². The van der Waals surface area contributed by atoms with Crippen LogP contribution in [0.15, 0.2) is 48.5 Å². The average molecular weight is 267 g/mol. The molecule has 2 rings (SSSR count). The van der Waals surface area contributed by atoms with Crippen molar-refractivity contribution in [2.45, 2.75) is 46.2 Å². The van der Waals surface area contributed by atoms with Gasteiger partial charge in [0.2, 0.25) is 0 Å². The largest absolute Gasteiger partial charge is 0.310 e. The van der Waals surface area contributed by atoms with E-state index in [1.165, 1.54) is 22.3 Å². The van der Waals surface area contributed by atoms with E-state index in [1.54, 1.807) is 0 Å². The Morgan fingerprint density at radius 2 is 1.50 bits per heavy atom. The van der Waals surface area contributed by atoms with Crippen molar-refractivity contribution < 1.29 is 0 Å². The maximum atomic E-state index is 3.50. The van der Waals surface area contributed by atoms with Crippen molar-refractivity contribution in [2.24, 2.45) is 0 Å². The molecular weight excluding hydrogens is 242 g/mol. The summed E-state index contributed by atoms with van der Waals surface area (Å²) in [4.78, 5) is 0. The lowest BCUT2D eigenvalue weighted by Crippen LogP contribution is -2.22. The predicted octanol–water partition coefficient (Wildman–Crippen LogP) is 4.98. The summed E-state index contributed by atoms with van der Waals surface area (Å²) in [7, 11) is 0. The van der Waals surface area contributed by atoms with Gasteiger partial charge in [0.05, 0.1) is 0 Å². The molecule has 0 spiro atoms. The third-order valence-corrected chi connectivity index (χ3v) is 3.61. The van der Waals surface area contributed by atoms with Crippen molar-refractivity contribution in [1.82, 2.24) is 5.32 Å². The molecule has 2 aromatic rings. The molecule has 0 bridgehead atoms. The summed E-state index contributed by atoms with van der Waals surface area (Å²) in [5.74, 6) is 0.585. The molecule has 0 saturated carbocycles. The van der Waals surface area contributed by atoms with Gasteiger partial charge >= 0.3 is 0 Å². The van der Waals surface area contributed by atoms with Crippen molar-refractivity contribution in [3.8, 4) is 11.1 Å². The van der Waals surface area contributed by atoms with Crippen LogP contribution in [0.2, 0.25) is 0 Å². The third kappa shape index (κ3) is 3.71. The van der Waals surface area contributed by atoms with Gasteiger partial charge in [0.15, 0.2) is 0 Å². The zero-order valence-electron chi connectivity index (χ0n) is 13.0. The summed E-state index contributed by atoms with van der Waals surface area (Å²) >= 11 is 0. The molecule has 106 valence electrons. The molecule has 1 heteroatoms. The molecule has 0 saturated heterocycles. The molecule has 1 N–H and O–H groups in total. The summed E-state index contributed by atoms with van der Waals surface area (Å²) in [6, 6.07) is 18.1. The van der Waals surface area contributed by atoms with Crippen LogP contribution >= 0.6 is 0 Å². The molecule has 0 aliphatic heterocycles. The number of nitrogens with one attached hydrogen (secondary N) is 1. The van der Waals surface area contributed by atoms with E-state index in [9.17, 15) is 0 Å². The van der Waals surface area contributed by atoms with Crippen molar-refractivity contribution in [3.05, 3.63) is 59.7 Å². The van der Waals surface area contributed by atoms with Gasteiger partial charge in [-0.1, -0.05) is 76.2 Å². The molecule has 0 aliphatic rings. The first kappa shape index (κ1) is 14.8. The van der Waals surface area contributed by atoms with E-state index in [0.29, 0.717) is 12.0 Å². The Morgan fingerprint density at radius 3 is 2.10 bits per heavy atom. The molecule has 0 aromatic heterocycles. The Morgan fingerprint density at radius 1 is 0.850 bits per heavy atom. The minimum atomic E-state index is 0.506. The van der Waals surface area contributed by atoms with Gasteiger partial charge in [0.1, 0.15) is 0 Å². The first-order chi connectivity index (χ1) is 9.58. The normalized spacial score (nSPS) is 11.3. The summed E-state index contributed by atoms with van der Waals surface area (Å²) < 4.78 is 0. The standard InChI is InChI=1S/C19H25N/c1-14(2)16-9-11-17(12-10-16)19-8-6-5-7-18(19)13-20-15(3)4/h5-12,14-15,20H,13H2,1-4H3. The maximum absolute atomic E-state index is 3.50. The fourth-order valence-corrected chi connectivity index (χ4v) is 2.32. The number of benzene rings is 2. The van der Waals surface area contributed by atoms with E-state index in [1.807, 2.05) is 0 Å². The summed E-state index contributed by atoms with van der Waals surface area (Å²) in [6.07, 6.45) is 0. The van der Waals surface area contributed by atoms with E-state index >= 15 is 0 Å². The molecule has 0 amide bonds. The molecule has 0 heterocycles. The van der Waals surface area contributed by atoms with E-state index in [0.717, 1.165) is 6.54 Å². The molecule has 2 aromatic carbocycles. The van der Waals surface area contributed by atoms with Gasteiger partial charge < -0.3 is 5.32 Å². The number of rotatable bonds is 5. The molecule has 0 radical (unpaired) electrons. The first-order valence-electron chi connectivity index (χ1n) is 7.49. The van der Waals surface area contributed by atoms with Gasteiger partial charge in [-0.3, -0.25) is 0 Å². The second-order valence-corrected chi connectivity index (χ2v) is 5.97. The molecular formula is C19H25N. The molecule has 0 unspecified atom stereocenters. The average Bonchev–Trinajstić information content (AvgIpc) is 2.45. The topological polar surface area (TPSA) is 12.0 Å². The van der Waals surface area contributed by atoms with Crippen LogP contribution in [0, 0.1) is 0 Å². The van der Waals surface area contributed by atoms with Gasteiger partial charge in [0.25, 0.3) is 0 Å². The smallest absolute Gasteiger partial charge is 0.0214 e. The van der Waals surface area contributed by atoms with Crippen LogP contribution in [0.1, 0.15) is 44.7 Å². The second kappa shape index (κ2) is 6.71. The molecule has 0 atom stereocenters. The Bertz CT molecular complexity index is 538. The van der Waals surface area contributed by atoms with Crippen LogP contribution in [0.3, 0.4) is 0 Å². The fourth-order valence-electron chi connectivity index (χ4n) is 2.32. The van der Waals surface area contributed by atoms with Crippen molar-refractivity contribution in [2.75, 3.05) is 0 Å². The van der Waals surface area contributed by atoms with Gasteiger partial charge in [-0.2, -0.15) is 0 Å². The SMILES string of the molecule is CC(C)NCc1ccccc1-c1ccc(C(C)C)cc1. The Hall–Kier alpha value is -1.60. The summed E-state index contributed by atoms with van der Waals surface area (Å²) in [5.41, 5.74) is 5.39. The second-order valence-electron chi connectivity index (χ2n) is 5.97. The minimum Gasteiger partial charge on any atom is -0.310 e. The fraction of sp³-hybridized carbons (Fsp3) is 0.368. The quantitative estimate of drug-likeness (QED) is 0.806. The van der Waals surface area contributed by atoms with E-state index in [-0.39, 0.29) is 0 Å². The van der Waals surface area contributed by atoms with Gasteiger partial charge in [-0.15, -0.1) is 0 Å². The van der Waals surface area contributed by atoms with Crippen LogP contribution < -0.4 is 5.32 Å². The van der Waals surface area contributed by atoms with E-state index in [2.05, 4.69) is 81.5 Å². The number of hydrogen-bond donors (Lipinski definition) is 1. The van der Waals surface area contributed by atoms with Crippen LogP contribution in [-0.4, -0.2) is 6.04 Å². The molecule has 1 nitrogen and oxygen atoms in total. The zero-order chi connectivity index (χ0) is 14.5. The van der Waals surface area contributed by atoms with Gasteiger partial charge in [0, 0.05) is 12.6 Å². The Balaban J connectivity index is 2.27. The van der Waals surface area contributed by atoms with E-state index in [4.69, 9.17) is 0 Å². The van der Waals surface area contributed by atoms with Crippen LogP contribution in [-0.2, 0) is 6.54 Å². The molecule has 20 heavy (non-hydrogen) atoms. The van der Waals surface area contributed by atoms with Gasteiger partial charge in [-0.25, -0.2) is 0 Å². The predicted molar refractivity (Wildman–Crippen MR) is 87.9 cm³/mol. The number of hydrogen-bond acceptors (Lipinski definition) is 1. The van der Waals surface area contributed by atoms with Crippen molar-refractivity contribution in [1.29, 1.82) is 0 Å². The van der Waals surface area contributed by atoms with Crippen LogP contribution in [0.4, 0.5) is 0 Å². The lowest BCUT2D eigenvalue weighted by atomic mass is 9.96. The summed E-state index contributed by atoms with van der Waals surface area (Å²) in [5, 5.41) is 3.50. The maximum Gasteiger partial charge on any atom is 0.0214 e.